The van der Waals surface area contributed by atoms with E-state index in [1.165, 1.54) is 6.07 Å². The maximum Gasteiger partial charge on any atom is 0.226 e. The molecule has 0 bridgehead atoms. The Balaban J connectivity index is 2.56. The number of hydrogen-bond acceptors (Lipinski definition) is 2. The fourth-order valence-corrected chi connectivity index (χ4v) is 1.49. The van der Waals surface area contributed by atoms with E-state index in [9.17, 15) is 13.6 Å². The van der Waals surface area contributed by atoms with Crippen LogP contribution >= 0.6 is 0 Å². The highest BCUT2D eigenvalue weighted by Gasteiger charge is 2.10. The molecule has 17 heavy (non-hydrogen) atoms. The highest BCUT2D eigenvalue weighted by atomic mass is 19.1. The fraction of sp³-hybridized carbons (Fsp3) is 0.417. The van der Waals surface area contributed by atoms with Crippen molar-refractivity contribution in [3.63, 3.8) is 0 Å². The number of halogens is 2. The van der Waals surface area contributed by atoms with E-state index in [2.05, 4.69) is 10.6 Å². The zero-order chi connectivity index (χ0) is 12.8. The van der Waals surface area contributed by atoms with E-state index in [1.807, 2.05) is 13.8 Å². The monoisotopic (exact) mass is 242 g/mol. The van der Waals surface area contributed by atoms with Crippen molar-refractivity contribution in [2.45, 2.75) is 26.3 Å². The first-order valence-electron chi connectivity index (χ1n) is 5.51. The van der Waals surface area contributed by atoms with Gasteiger partial charge in [-0.25, -0.2) is 8.78 Å². The molecule has 94 valence electrons. The molecule has 2 N–H and O–H groups in total. The van der Waals surface area contributed by atoms with Gasteiger partial charge >= 0.3 is 0 Å². The van der Waals surface area contributed by atoms with E-state index in [0.717, 1.165) is 18.7 Å². The molecule has 0 aliphatic carbocycles. The van der Waals surface area contributed by atoms with E-state index < -0.39 is 11.6 Å². The largest absolute Gasteiger partial charge is 0.324 e. The molecule has 1 amide bonds. The van der Waals surface area contributed by atoms with Crippen LogP contribution in [0.5, 0.6) is 0 Å². The smallest absolute Gasteiger partial charge is 0.226 e. The topological polar surface area (TPSA) is 41.1 Å². The maximum absolute atomic E-state index is 13.2. The third-order valence-electron chi connectivity index (χ3n) is 2.25. The van der Waals surface area contributed by atoms with Gasteiger partial charge in [0.05, 0.1) is 5.69 Å². The number of carbonyl (C=O) groups excluding carboxylic acids is 1. The molecule has 0 aliphatic rings. The molecule has 0 heterocycles. The van der Waals surface area contributed by atoms with Crippen LogP contribution in [0.3, 0.4) is 0 Å². The highest BCUT2D eigenvalue weighted by molar-refractivity contribution is 5.91. The van der Waals surface area contributed by atoms with Gasteiger partial charge in [-0.05, 0) is 25.6 Å². The molecular formula is C12H16F2N2O. The van der Waals surface area contributed by atoms with Crippen molar-refractivity contribution in [3.8, 4) is 0 Å². The summed E-state index contributed by atoms with van der Waals surface area (Å²) in [5, 5.41) is 5.48. The summed E-state index contributed by atoms with van der Waals surface area (Å²) in [7, 11) is 0. The number of carbonyl (C=O) groups is 1. The Hall–Kier alpha value is -1.49. The summed E-state index contributed by atoms with van der Waals surface area (Å²) in [4.78, 5) is 11.5. The molecule has 1 rings (SSSR count). The molecular weight excluding hydrogens is 226 g/mol. The van der Waals surface area contributed by atoms with Gasteiger partial charge in [0, 0.05) is 18.5 Å². The number of benzene rings is 1. The standard InChI is InChI=1S/C12H16F2N2O/c1-3-15-8(2)6-12(17)16-11-5-4-9(13)7-10(11)14/h4-5,7-8,15H,3,6H2,1-2H3,(H,16,17). The summed E-state index contributed by atoms with van der Waals surface area (Å²) in [5.41, 5.74) is 0.0000912. The molecule has 0 saturated carbocycles. The van der Waals surface area contributed by atoms with Gasteiger partial charge in [-0.2, -0.15) is 0 Å². The minimum absolute atomic E-state index is 0.0000912. The SMILES string of the molecule is CCNC(C)CC(=O)Nc1ccc(F)cc1F. The molecule has 1 unspecified atom stereocenters. The number of hydrogen-bond donors (Lipinski definition) is 2. The number of nitrogens with one attached hydrogen (secondary N) is 2. The second kappa shape index (κ2) is 6.30. The summed E-state index contributed by atoms with van der Waals surface area (Å²) < 4.78 is 25.9. The number of anilines is 1. The molecule has 0 saturated heterocycles. The van der Waals surface area contributed by atoms with Gasteiger partial charge < -0.3 is 10.6 Å². The lowest BCUT2D eigenvalue weighted by atomic mass is 10.2. The molecule has 1 aromatic carbocycles. The Labute approximate surface area is 99.2 Å². The molecule has 5 heteroatoms. The first kappa shape index (κ1) is 13.6. The lowest BCUT2D eigenvalue weighted by Crippen LogP contribution is -2.30. The van der Waals surface area contributed by atoms with Crippen LogP contribution in [0.4, 0.5) is 14.5 Å². The van der Waals surface area contributed by atoms with Gasteiger partial charge in [-0.1, -0.05) is 6.92 Å². The predicted octanol–water partition coefficient (Wildman–Crippen LogP) is 2.29. The Morgan fingerprint density at radius 1 is 1.41 bits per heavy atom. The van der Waals surface area contributed by atoms with Crippen LogP contribution in [0, 0.1) is 11.6 Å². The van der Waals surface area contributed by atoms with Crippen molar-refractivity contribution in [1.82, 2.24) is 5.32 Å². The second-order valence-electron chi connectivity index (χ2n) is 3.84. The lowest BCUT2D eigenvalue weighted by Gasteiger charge is -2.12. The predicted molar refractivity (Wildman–Crippen MR) is 62.7 cm³/mol. The highest BCUT2D eigenvalue weighted by Crippen LogP contribution is 2.15. The van der Waals surface area contributed by atoms with Gasteiger partial charge in [0.25, 0.3) is 0 Å². The minimum atomic E-state index is -0.769. The zero-order valence-corrected chi connectivity index (χ0v) is 9.89. The van der Waals surface area contributed by atoms with E-state index in [4.69, 9.17) is 0 Å². The summed E-state index contributed by atoms with van der Waals surface area (Å²) >= 11 is 0. The summed E-state index contributed by atoms with van der Waals surface area (Å²) in [6, 6.07) is 3.07. The van der Waals surface area contributed by atoms with Crippen LogP contribution in [0.25, 0.3) is 0 Å². The average molecular weight is 242 g/mol. The van der Waals surface area contributed by atoms with Crippen molar-refractivity contribution in [2.24, 2.45) is 0 Å². The van der Waals surface area contributed by atoms with Gasteiger partial charge in [-0.3, -0.25) is 4.79 Å². The summed E-state index contributed by atoms with van der Waals surface area (Å²) in [6.07, 6.45) is 0.241. The van der Waals surface area contributed by atoms with E-state index in [-0.39, 0.29) is 24.1 Å². The molecule has 1 atom stereocenters. The van der Waals surface area contributed by atoms with Crippen LogP contribution < -0.4 is 10.6 Å². The third-order valence-corrected chi connectivity index (χ3v) is 2.25. The number of amides is 1. The molecule has 0 fully saturated rings. The number of rotatable bonds is 5. The molecule has 1 aromatic rings. The lowest BCUT2D eigenvalue weighted by molar-refractivity contribution is -0.116. The normalized spacial score (nSPS) is 12.2. The summed E-state index contributed by atoms with van der Waals surface area (Å²) in [5.74, 6) is -1.74. The maximum atomic E-state index is 13.2. The molecule has 0 radical (unpaired) electrons. The second-order valence-corrected chi connectivity index (χ2v) is 3.84. The van der Waals surface area contributed by atoms with E-state index in [0.29, 0.717) is 0 Å². The zero-order valence-electron chi connectivity index (χ0n) is 9.89. The van der Waals surface area contributed by atoms with Crippen LogP contribution in [-0.2, 0) is 4.79 Å². The van der Waals surface area contributed by atoms with Crippen LogP contribution in [0.15, 0.2) is 18.2 Å². The van der Waals surface area contributed by atoms with Crippen molar-refractivity contribution < 1.29 is 13.6 Å². The quantitative estimate of drug-likeness (QED) is 0.831. The Morgan fingerprint density at radius 2 is 2.12 bits per heavy atom. The molecule has 0 aromatic heterocycles. The van der Waals surface area contributed by atoms with Gasteiger partial charge in [0.2, 0.25) is 5.91 Å². The molecule has 3 nitrogen and oxygen atoms in total. The van der Waals surface area contributed by atoms with E-state index in [1.54, 1.807) is 0 Å². The molecule has 0 spiro atoms. The van der Waals surface area contributed by atoms with Gasteiger partial charge in [-0.15, -0.1) is 0 Å². The Kier molecular flexibility index (Phi) is 5.03. The van der Waals surface area contributed by atoms with Crippen molar-refractivity contribution in [1.29, 1.82) is 0 Å². The van der Waals surface area contributed by atoms with Gasteiger partial charge in [0.1, 0.15) is 11.6 Å². The third kappa shape index (κ3) is 4.48. The Bertz CT molecular complexity index is 396. The Morgan fingerprint density at radius 3 is 2.71 bits per heavy atom. The summed E-state index contributed by atoms with van der Waals surface area (Å²) in [6.45, 7) is 4.57. The van der Waals surface area contributed by atoms with Crippen LogP contribution in [-0.4, -0.2) is 18.5 Å². The first-order chi connectivity index (χ1) is 8.02. The average Bonchev–Trinajstić information content (AvgIpc) is 2.22. The van der Waals surface area contributed by atoms with E-state index >= 15 is 0 Å². The van der Waals surface area contributed by atoms with Crippen LogP contribution in [0.2, 0.25) is 0 Å². The van der Waals surface area contributed by atoms with Crippen LogP contribution in [0.1, 0.15) is 20.3 Å². The van der Waals surface area contributed by atoms with Gasteiger partial charge in [0.15, 0.2) is 0 Å². The van der Waals surface area contributed by atoms with Crippen molar-refractivity contribution in [3.05, 3.63) is 29.8 Å². The molecule has 0 aliphatic heterocycles. The minimum Gasteiger partial charge on any atom is -0.324 e. The fourth-order valence-electron chi connectivity index (χ4n) is 1.49. The first-order valence-corrected chi connectivity index (χ1v) is 5.51. The van der Waals surface area contributed by atoms with Crippen molar-refractivity contribution >= 4 is 11.6 Å². The van der Waals surface area contributed by atoms with Crippen molar-refractivity contribution in [2.75, 3.05) is 11.9 Å².